The monoisotopic (exact) mass is 334 g/mol. The lowest BCUT2D eigenvalue weighted by Gasteiger charge is -2.29. The molecule has 1 N–H and O–H groups in total. The second-order valence-corrected chi connectivity index (χ2v) is 6.26. The maximum absolute atomic E-state index is 12.3. The first-order valence-electron chi connectivity index (χ1n) is 8.24. The summed E-state index contributed by atoms with van der Waals surface area (Å²) in [7, 11) is 0. The fraction of sp³-hybridized carbons (Fsp3) is 0.211. The summed E-state index contributed by atoms with van der Waals surface area (Å²) in [6, 6.07) is 14.7. The second-order valence-electron chi connectivity index (χ2n) is 6.26. The first kappa shape index (κ1) is 15.4. The molecule has 0 saturated heterocycles. The van der Waals surface area contributed by atoms with Gasteiger partial charge in [0.25, 0.3) is 5.56 Å². The van der Waals surface area contributed by atoms with Crippen molar-refractivity contribution in [2.24, 2.45) is 0 Å². The van der Waals surface area contributed by atoms with Gasteiger partial charge in [-0.25, -0.2) is 4.98 Å². The molecular weight excluding hydrogens is 316 g/mol. The van der Waals surface area contributed by atoms with E-state index in [1.807, 2.05) is 43.3 Å². The van der Waals surface area contributed by atoms with Crippen molar-refractivity contribution in [1.29, 1.82) is 0 Å². The largest absolute Gasteiger partial charge is 0.361 e. The number of para-hydroxylation sites is 2. The topological polar surface area (TPSA) is 66.7 Å². The molecule has 1 aliphatic heterocycles. The average molecular weight is 334 g/mol. The van der Waals surface area contributed by atoms with Gasteiger partial charge in [0.2, 0.25) is 5.91 Å². The van der Waals surface area contributed by atoms with E-state index in [2.05, 4.69) is 15.2 Å². The van der Waals surface area contributed by atoms with Gasteiger partial charge in [-0.1, -0.05) is 18.2 Å². The normalized spacial score (nSPS) is 17.1. The standard InChI is InChI=1S/C19H18N4O2/c1-13-10-18(24)21-15-6-2-3-7-16(15)23(13)12-14-11-19(25)22-9-5-4-8-17(22)20-14/h2-9,11,13H,10,12H2,1H3,(H,21,24). The van der Waals surface area contributed by atoms with Crippen LogP contribution in [0.5, 0.6) is 0 Å². The van der Waals surface area contributed by atoms with Crippen LogP contribution in [-0.2, 0) is 11.3 Å². The molecule has 0 saturated carbocycles. The van der Waals surface area contributed by atoms with Crippen molar-refractivity contribution in [1.82, 2.24) is 9.38 Å². The Morgan fingerprint density at radius 3 is 2.84 bits per heavy atom. The number of hydrogen-bond acceptors (Lipinski definition) is 4. The van der Waals surface area contributed by atoms with E-state index < -0.39 is 0 Å². The van der Waals surface area contributed by atoms with Crippen molar-refractivity contribution in [2.75, 3.05) is 10.2 Å². The number of nitrogens with zero attached hydrogens (tertiary/aromatic N) is 3. The van der Waals surface area contributed by atoms with Crippen LogP contribution in [0.15, 0.2) is 59.5 Å². The Morgan fingerprint density at radius 2 is 1.96 bits per heavy atom. The minimum Gasteiger partial charge on any atom is -0.361 e. The highest BCUT2D eigenvalue weighted by Gasteiger charge is 2.25. The van der Waals surface area contributed by atoms with E-state index in [9.17, 15) is 9.59 Å². The number of benzene rings is 1. The van der Waals surface area contributed by atoms with Gasteiger partial charge in [0.15, 0.2) is 0 Å². The number of pyridine rings is 1. The van der Waals surface area contributed by atoms with E-state index in [0.29, 0.717) is 24.3 Å². The molecule has 3 aromatic rings. The van der Waals surface area contributed by atoms with Crippen LogP contribution >= 0.6 is 0 Å². The zero-order valence-corrected chi connectivity index (χ0v) is 13.8. The lowest BCUT2D eigenvalue weighted by atomic mass is 10.1. The average Bonchev–Trinajstić information content (AvgIpc) is 2.71. The van der Waals surface area contributed by atoms with Crippen molar-refractivity contribution in [3.63, 3.8) is 0 Å². The molecule has 6 heteroatoms. The SMILES string of the molecule is CC1CC(=O)Nc2ccccc2N1Cc1cc(=O)n2ccccc2n1. The molecule has 6 nitrogen and oxygen atoms in total. The number of aromatic nitrogens is 2. The molecule has 2 aromatic heterocycles. The number of anilines is 2. The van der Waals surface area contributed by atoms with Gasteiger partial charge in [-0.2, -0.15) is 0 Å². The van der Waals surface area contributed by atoms with E-state index in [0.717, 1.165) is 11.4 Å². The summed E-state index contributed by atoms with van der Waals surface area (Å²) in [6.45, 7) is 2.48. The summed E-state index contributed by atoms with van der Waals surface area (Å²) >= 11 is 0. The third-order valence-corrected chi connectivity index (χ3v) is 4.46. The molecule has 25 heavy (non-hydrogen) atoms. The van der Waals surface area contributed by atoms with Crippen LogP contribution in [-0.4, -0.2) is 21.3 Å². The van der Waals surface area contributed by atoms with Gasteiger partial charge in [0.1, 0.15) is 5.65 Å². The Hall–Kier alpha value is -3.15. The highest BCUT2D eigenvalue weighted by atomic mass is 16.1. The van der Waals surface area contributed by atoms with Gasteiger partial charge in [-0.15, -0.1) is 0 Å². The highest BCUT2D eigenvalue weighted by Crippen LogP contribution is 2.32. The fourth-order valence-corrected chi connectivity index (χ4v) is 3.25. The van der Waals surface area contributed by atoms with Crippen LogP contribution < -0.4 is 15.8 Å². The van der Waals surface area contributed by atoms with E-state index in [4.69, 9.17) is 0 Å². The number of fused-ring (bicyclic) bond motifs is 2. The predicted octanol–water partition coefficient (Wildman–Crippen LogP) is 2.43. The zero-order valence-electron chi connectivity index (χ0n) is 13.8. The number of carbonyl (C=O) groups is 1. The molecule has 126 valence electrons. The number of rotatable bonds is 2. The molecule has 1 amide bonds. The zero-order chi connectivity index (χ0) is 17.4. The molecular formula is C19H18N4O2. The summed E-state index contributed by atoms with van der Waals surface area (Å²) in [5, 5.41) is 2.94. The van der Waals surface area contributed by atoms with Gasteiger partial charge >= 0.3 is 0 Å². The molecule has 0 spiro atoms. The molecule has 0 aliphatic carbocycles. The van der Waals surface area contributed by atoms with Gasteiger partial charge in [0, 0.05) is 24.7 Å². The summed E-state index contributed by atoms with van der Waals surface area (Å²) in [6.07, 6.45) is 2.10. The van der Waals surface area contributed by atoms with Gasteiger partial charge in [0.05, 0.1) is 23.6 Å². The minimum atomic E-state index is -0.106. The van der Waals surface area contributed by atoms with E-state index in [-0.39, 0.29) is 17.5 Å². The quantitative estimate of drug-likeness (QED) is 0.782. The molecule has 1 unspecified atom stereocenters. The van der Waals surface area contributed by atoms with Crippen LogP contribution in [0.3, 0.4) is 0 Å². The van der Waals surface area contributed by atoms with Crippen molar-refractivity contribution < 1.29 is 4.79 Å². The second kappa shape index (κ2) is 6.05. The summed E-state index contributed by atoms with van der Waals surface area (Å²) in [5.41, 5.74) is 2.93. The Balaban J connectivity index is 1.77. The number of carbonyl (C=O) groups excluding carboxylic acids is 1. The van der Waals surface area contributed by atoms with Crippen LogP contribution in [0.25, 0.3) is 5.65 Å². The van der Waals surface area contributed by atoms with Crippen LogP contribution in [0.4, 0.5) is 11.4 Å². The lowest BCUT2D eigenvalue weighted by molar-refractivity contribution is -0.116. The van der Waals surface area contributed by atoms with Crippen LogP contribution in [0, 0.1) is 0 Å². The van der Waals surface area contributed by atoms with Gasteiger partial charge in [-0.05, 0) is 31.2 Å². The van der Waals surface area contributed by atoms with Crippen LogP contribution in [0.2, 0.25) is 0 Å². The smallest absolute Gasteiger partial charge is 0.258 e. The first-order chi connectivity index (χ1) is 12.1. The molecule has 3 heterocycles. The Morgan fingerprint density at radius 1 is 1.16 bits per heavy atom. The number of amides is 1. The molecule has 4 rings (SSSR count). The van der Waals surface area contributed by atoms with Crippen molar-refractivity contribution in [2.45, 2.75) is 25.9 Å². The Labute approximate surface area is 144 Å². The minimum absolute atomic E-state index is 0.000301. The van der Waals surface area contributed by atoms with Crippen molar-refractivity contribution in [3.05, 3.63) is 70.8 Å². The fourth-order valence-electron chi connectivity index (χ4n) is 3.25. The maximum atomic E-state index is 12.3. The maximum Gasteiger partial charge on any atom is 0.258 e. The Bertz CT molecular complexity index is 1010. The summed E-state index contributed by atoms with van der Waals surface area (Å²) in [5.74, 6) is -0.00556. The summed E-state index contributed by atoms with van der Waals surface area (Å²) < 4.78 is 1.52. The third kappa shape index (κ3) is 2.87. The lowest BCUT2D eigenvalue weighted by Crippen LogP contribution is -2.34. The van der Waals surface area contributed by atoms with E-state index in [1.54, 1.807) is 18.3 Å². The molecule has 1 aliphatic rings. The third-order valence-electron chi connectivity index (χ3n) is 4.46. The van der Waals surface area contributed by atoms with Crippen molar-refractivity contribution in [3.8, 4) is 0 Å². The Kier molecular flexibility index (Phi) is 3.72. The first-order valence-corrected chi connectivity index (χ1v) is 8.24. The van der Waals surface area contributed by atoms with Crippen molar-refractivity contribution >= 4 is 22.9 Å². The van der Waals surface area contributed by atoms with Crippen LogP contribution in [0.1, 0.15) is 19.0 Å². The summed E-state index contributed by atoms with van der Waals surface area (Å²) in [4.78, 5) is 31.1. The molecule has 0 fully saturated rings. The molecule has 1 aromatic carbocycles. The molecule has 1 atom stereocenters. The number of hydrogen-bond donors (Lipinski definition) is 1. The highest BCUT2D eigenvalue weighted by molar-refractivity contribution is 5.96. The predicted molar refractivity (Wildman–Crippen MR) is 96.8 cm³/mol. The molecule has 0 radical (unpaired) electrons. The molecule has 0 bridgehead atoms. The van der Waals surface area contributed by atoms with E-state index in [1.165, 1.54) is 4.40 Å². The van der Waals surface area contributed by atoms with E-state index >= 15 is 0 Å². The van der Waals surface area contributed by atoms with Gasteiger partial charge in [-0.3, -0.25) is 14.0 Å². The van der Waals surface area contributed by atoms with Gasteiger partial charge < -0.3 is 10.2 Å². The number of nitrogens with one attached hydrogen (secondary N) is 1.